The fourth-order valence-corrected chi connectivity index (χ4v) is 10.4. The van der Waals surface area contributed by atoms with Gasteiger partial charge in [-0.15, -0.1) is 0 Å². The summed E-state index contributed by atoms with van der Waals surface area (Å²) in [7, 11) is 0. The number of carbonyl (C=O) groups is 3. The zero-order chi connectivity index (χ0) is 29.8. The minimum atomic E-state index is -1.08. The van der Waals surface area contributed by atoms with Crippen molar-refractivity contribution in [3.63, 3.8) is 0 Å². The van der Waals surface area contributed by atoms with E-state index in [1.165, 1.54) is 32.1 Å². The highest BCUT2D eigenvalue weighted by molar-refractivity contribution is 5.82. The van der Waals surface area contributed by atoms with Crippen LogP contribution >= 0.6 is 0 Å². The number of fused-ring (bicyclic) bond motifs is 7. The normalized spacial score (nSPS) is 40.5. The van der Waals surface area contributed by atoms with Gasteiger partial charge in [0.15, 0.2) is 0 Å². The van der Waals surface area contributed by atoms with Crippen LogP contribution in [0.25, 0.3) is 0 Å². The van der Waals surface area contributed by atoms with E-state index in [9.17, 15) is 19.5 Å². The molecule has 0 radical (unpaired) electrons. The zero-order valence-corrected chi connectivity index (χ0v) is 26.3. The van der Waals surface area contributed by atoms with Crippen molar-refractivity contribution in [2.24, 2.45) is 52.3 Å². The monoisotopic (exact) mass is 574 g/mol. The van der Waals surface area contributed by atoms with Crippen molar-refractivity contribution < 1.29 is 33.7 Å². The van der Waals surface area contributed by atoms with E-state index >= 15 is 0 Å². The molecule has 5 rings (SSSR count). The van der Waals surface area contributed by atoms with Gasteiger partial charge in [0.05, 0.1) is 23.4 Å². The Balaban J connectivity index is 1.32. The molecule has 0 amide bonds. The van der Waals surface area contributed by atoms with Gasteiger partial charge in [0.25, 0.3) is 0 Å². The molecule has 1 N–H and O–H groups in total. The predicted octanol–water partition coefficient (Wildman–Crippen LogP) is 6.24. The van der Waals surface area contributed by atoms with Gasteiger partial charge in [-0.3, -0.25) is 14.4 Å². The van der Waals surface area contributed by atoms with Crippen molar-refractivity contribution in [2.45, 2.75) is 130 Å². The third-order valence-corrected chi connectivity index (χ3v) is 12.5. The summed E-state index contributed by atoms with van der Waals surface area (Å²) in [6.07, 6.45) is 11.2. The molecular formula is C34H54O7. The lowest BCUT2D eigenvalue weighted by Gasteiger charge is -2.42. The average molecular weight is 575 g/mol. The summed E-state index contributed by atoms with van der Waals surface area (Å²) in [6.45, 7) is 11.3. The van der Waals surface area contributed by atoms with Crippen LogP contribution in [-0.2, 0) is 28.6 Å². The molecule has 0 spiro atoms. The maximum Gasteiger partial charge on any atom is 0.312 e. The van der Waals surface area contributed by atoms with Crippen LogP contribution in [-0.4, -0.2) is 47.4 Å². The third-order valence-electron chi connectivity index (χ3n) is 12.5. The van der Waals surface area contributed by atoms with Crippen molar-refractivity contribution in [3.05, 3.63) is 0 Å². The van der Waals surface area contributed by atoms with Crippen LogP contribution < -0.4 is 0 Å². The molecular weight excluding hydrogens is 520 g/mol. The van der Waals surface area contributed by atoms with Crippen molar-refractivity contribution in [2.75, 3.05) is 13.2 Å². The Kier molecular flexibility index (Phi) is 8.37. The standard InChI is InChI=1S/C34H54O7/c1-7-31(3,29(37)39-14-13-35)20-32(4,30(38)41-33(5)18-22-11-12-24(33)15-22)17-21(2)28(36)40-34(6)19-23-16-27(34)26-10-8-9-25(23)26/h21-27,35H,7-20H2,1-6H3. The van der Waals surface area contributed by atoms with Gasteiger partial charge in [0.1, 0.15) is 17.8 Å². The number of hydrogen-bond acceptors (Lipinski definition) is 7. The Morgan fingerprint density at radius 1 is 0.927 bits per heavy atom. The number of rotatable bonds is 12. The molecule has 232 valence electrons. The molecule has 0 heterocycles. The second kappa shape index (κ2) is 11.1. The van der Waals surface area contributed by atoms with Crippen LogP contribution in [0.4, 0.5) is 0 Å². The lowest BCUT2D eigenvalue weighted by molar-refractivity contribution is -0.183. The molecule has 0 aromatic carbocycles. The second-order valence-corrected chi connectivity index (χ2v) is 15.7. The highest BCUT2D eigenvalue weighted by atomic mass is 16.6. The highest BCUT2D eigenvalue weighted by Crippen LogP contribution is 2.63. The van der Waals surface area contributed by atoms with Crippen LogP contribution in [0.15, 0.2) is 0 Å². The number of carbonyl (C=O) groups excluding carboxylic acids is 3. The minimum Gasteiger partial charge on any atom is -0.463 e. The molecule has 11 unspecified atom stereocenters. The molecule has 0 aliphatic heterocycles. The van der Waals surface area contributed by atoms with Crippen molar-refractivity contribution in [1.82, 2.24) is 0 Å². The fraction of sp³-hybridized carbons (Fsp3) is 0.912. The molecule has 5 saturated carbocycles. The number of aliphatic hydroxyl groups is 1. The Morgan fingerprint density at radius 2 is 1.66 bits per heavy atom. The summed E-state index contributed by atoms with van der Waals surface area (Å²) >= 11 is 0. The number of aliphatic hydroxyl groups excluding tert-OH is 1. The third kappa shape index (κ3) is 5.58. The smallest absolute Gasteiger partial charge is 0.312 e. The first-order valence-electron chi connectivity index (χ1n) is 16.5. The molecule has 11 atom stereocenters. The molecule has 7 nitrogen and oxygen atoms in total. The molecule has 5 fully saturated rings. The van der Waals surface area contributed by atoms with Crippen LogP contribution in [0, 0.1) is 52.3 Å². The summed E-state index contributed by atoms with van der Waals surface area (Å²) in [5.41, 5.74) is -2.98. The first kappa shape index (κ1) is 30.8. The Morgan fingerprint density at radius 3 is 2.29 bits per heavy atom. The van der Waals surface area contributed by atoms with Crippen molar-refractivity contribution in [1.29, 1.82) is 0 Å². The molecule has 5 aliphatic rings. The van der Waals surface area contributed by atoms with Crippen LogP contribution in [0.1, 0.15) is 119 Å². The summed E-state index contributed by atoms with van der Waals surface area (Å²) in [6, 6.07) is 0. The topological polar surface area (TPSA) is 99.1 Å². The van der Waals surface area contributed by atoms with Crippen molar-refractivity contribution in [3.8, 4) is 0 Å². The molecule has 4 bridgehead atoms. The van der Waals surface area contributed by atoms with Gasteiger partial charge < -0.3 is 19.3 Å². The Labute approximate surface area is 246 Å². The van der Waals surface area contributed by atoms with E-state index in [-0.39, 0.29) is 38.0 Å². The van der Waals surface area contributed by atoms with Gasteiger partial charge in [-0.1, -0.05) is 20.3 Å². The molecule has 5 aliphatic carbocycles. The number of hydrogen-bond donors (Lipinski definition) is 1. The summed E-state index contributed by atoms with van der Waals surface area (Å²) in [5.74, 6) is 2.03. The minimum absolute atomic E-state index is 0.0813. The maximum absolute atomic E-state index is 14.2. The predicted molar refractivity (Wildman–Crippen MR) is 154 cm³/mol. The average Bonchev–Trinajstić information content (AvgIpc) is 3.72. The molecule has 0 aromatic rings. The van der Waals surface area contributed by atoms with Crippen LogP contribution in [0.2, 0.25) is 0 Å². The second-order valence-electron chi connectivity index (χ2n) is 15.7. The van der Waals surface area contributed by atoms with E-state index in [1.54, 1.807) is 0 Å². The van der Waals surface area contributed by atoms with E-state index in [4.69, 9.17) is 14.2 Å². The van der Waals surface area contributed by atoms with Gasteiger partial charge in [-0.05, 0) is 128 Å². The molecule has 7 heteroatoms. The van der Waals surface area contributed by atoms with E-state index < -0.39 is 33.9 Å². The van der Waals surface area contributed by atoms with Gasteiger partial charge in [-0.25, -0.2) is 0 Å². The Hall–Kier alpha value is -1.63. The largest absolute Gasteiger partial charge is 0.463 e. The van der Waals surface area contributed by atoms with Crippen LogP contribution in [0.3, 0.4) is 0 Å². The lowest BCUT2D eigenvalue weighted by Crippen LogP contribution is -2.47. The van der Waals surface area contributed by atoms with E-state index in [0.717, 1.165) is 31.6 Å². The lowest BCUT2D eigenvalue weighted by atomic mass is 9.67. The van der Waals surface area contributed by atoms with E-state index in [0.29, 0.717) is 36.0 Å². The van der Waals surface area contributed by atoms with Gasteiger partial charge in [0, 0.05) is 5.92 Å². The van der Waals surface area contributed by atoms with Gasteiger partial charge in [0.2, 0.25) is 0 Å². The first-order chi connectivity index (χ1) is 19.3. The Bertz CT molecular complexity index is 1030. The number of ether oxygens (including phenoxy) is 3. The number of esters is 3. The zero-order valence-electron chi connectivity index (χ0n) is 26.3. The van der Waals surface area contributed by atoms with Gasteiger partial charge >= 0.3 is 17.9 Å². The summed E-state index contributed by atoms with van der Waals surface area (Å²) in [4.78, 5) is 41.0. The van der Waals surface area contributed by atoms with E-state index in [2.05, 4.69) is 13.8 Å². The summed E-state index contributed by atoms with van der Waals surface area (Å²) < 4.78 is 18.1. The van der Waals surface area contributed by atoms with Crippen LogP contribution in [0.5, 0.6) is 0 Å². The van der Waals surface area contributed by atoms with Crippen molar-refractivity contribution >= 4 is 17.9 Å². The fourth-order valence-electron chi connectivity index (χ4n) is 10.4. The highest BCUT2D eigenvalue weighted by Gasteiger charge is 2.61. The van der Waals surface area contributed by atoms with Gasteiger partial charge in [-0.2, -0.15) is 0 Å². The maximum atomic E-state index is 14.2. The molecule has 41 heavy (non-hydrogen) atoms. The SMILES string of the molecule is CCC(C)(CC(C)(CC(C)C(=O)OC1(C)CC2CC1C1CCCC21)C(=O)OC1(C)CC2CCC1C2)C(=O)OCCO. The first-order valence-corrected chi connectivity index (χ1v) is 16.5. The van der Waals surface area contributed by atoms with E-state index in [1.807, 2.05) is 27.7 Å². The quantitative estimate of drug-likeness (QED) is 0.218. The molecule has 0 aromatic heterocycles. The summed E-state index contributed by atoms with van der Waals surface area (Å²) in [5, 5.41) is 9.22. The molecule has 0 saturated heterocycles.